The molecule has 0 bridgehead atoms. The lowest BCUT2D eigenvalue weighted by Crippen LogP contribution is -2.53. The molecule has 1 aliphatic rings. The van der Waals surface area contributed by atoms with Gasteiger partial charge in [0.05, 0.1) is 6.54 Å². The number of aromatic nitrogens is 2. The fourth-order valence-electron chi connectivity index (χ4n) is 2.97. The number of nitrogens with zero attached hydrogens (tertiary/aromatic N) is 3. The Morgan fingerprint density at radius 1 is 1.50 bits per heavy atom. The van der Waals surface area contributed by atoms with Gasteiger partial charge in [-0.1, -0.05) is 6.92 Å². The SMILES string of the molecule is CC1CCC(CN)(N(C)Cc2nccn2C)CC1. The zero-order valence-corrected chi connectivity index (χ0v) is 11.9. The second-order valence-corrected chi connectivity index (χ2v) is 5.92. The summed E-state index contributed by atoms with van der Waals surface area (Å²) in [7, 11) is 4.24. The molecule has 102 valence electrons. The summed E-state index contributed by atoms with van der Waals surface area (Å²) in [5.74, 6) is 1.97. The van der Waals surface area contributed by atoms with Crippen LogP contribution in [-0.4, -0.2) is 33.6 Å². The maximum absolute atomic E-state index is 6.08. The lowest BCUT2D eigenvalue weighted by Gasteiger charge is -2.45. The van der Waals surface area contributed by atoms with E-state index in [2.05, 4.69) is 28.4 Å². The molecule has 1 aromatic heterocycles. The first-order valence-corrected chi connectivity index (χ1v) is 6.95. The Balaban J connectivity index is 2.06. The second kappa shape index (κ2) is 5.41. The van der Waals surface area contributed by atoms with Gasteiger partial charge >= 0.3 is 0 Å². The molecule has 2 rings (SSSR count). The standard InChI is InChI=1S/C14H26N4/c1-12-4-6-14(11-15,7-5-12)18(3)10-13-16-8-9-17(13)2/h8-9,12H,4-7,10-11,15H2,1-3H3. The maximum Gasteiger partial charge on any atom is 0.122 e. The fourth-order valence-corrected chi connectivity index (χ4v) is 2.97. The second-order valence-electron chi connectivity index (χ2n) is 5.92. The van der Waals surface area contributed by atoms with E-state index in [0.717, 1.165) is 24.8 Å². The van der Waals surface area contributed by atoms with Gasteiger partial charge in [-0.15, -0.1) is 0 Å². The number of rotatable bonds is 4. The Bertz CT molecular complexity index is 377. The molecule has 1 aromatic rings. The highest BCUT2D eigenvalue weighted by atomic mass is 15.2. The van der Waals surface area contributed by atoms with Gasteiger partial charge in [-0.05, 0) is 38.6 Å². The largest absolute Gasteiger partial charge is 0.337 e. The number of likely N-dealkylation sites (N-methyl/N-ethyl adjacent to an activating group) is 1. The van der Waals surface area contributed by atoms with Crippen LogP contribution in [0.5, 0.6) is 0 Å². The molecule has 1 fully saturated rings. The van der Waals surface area contributed by atoms with E-state index in [0.29, 0.717) is 0 Å². The van der Waals surface area contributed by atoms with Crippen molar-refractivity contribution < 1.29 is 0 Å². The van der Waals surface area contributed by atoms with Gasteiger partial charge in [-0.25, -0.2) is 4.98 Å². The first-order chi connectivity index (χ1) is 8.57. The van der Waals surface area contributed by atoms with Crippen molar-refractivity contribution in [2.24, 2.45) is 18.7 Å². The van der Waals surface area contributed by atoms with Crippen molar-refractivity contribution in [1.82, 2.24) is 14.5 Å². The van der Waals surface area contributed by atoms with Gasteiger partial charge in [0.25, 0.3) is 0 Å². The fraction of sp³-hybridized carbons (Fsp3) is 0.786. The number of hydrogen-bond donors (Lipinski definition) is 1. The number of imidazole rings is 1. The van der Waals surface area contributed by atoms with Gasteiger partial charge in [-0.2, -0.15) is 0 Å². The summed E-state index contributed by atoms with van der Waals surface area (Å²) in [5.41, 5.74) is 6.26. The van der Waals surface area contributed by atoms with Crippen LogP contribution in [0.3, 0.4) is 0 Å². The highest BCUT2D eigenvalue weighted by Crippen LogP contribution is 2.35. The van der Waals surface area contributed by atoms with E-state index in [-0.39, 0.29) is 5.54 Å². The molecule has 0 atom stereocenters. The minimum atomic E-state index is 0.179. The zero-order valence-electron chi connectivity index (χ0n) is 11.9. The molecule has 1 saturated carbocycles. The summed E-state index contributed by atoms with van der Waals surface area (Å²) in [6.07, 6.45) is 8.88. The average molecular weight is 250 g/mol. The third-order valence-electron chi connectivity index (χ3n) is 4.69. The van der Waals surface area contributed by atoms with Crippen LogP contribution in [0.4, 0.5) is 0 Å². The highest BCUT2D eigenvalue weighted by Gasteiger charge is 2.36. The van der Waals surface area contributed by atoms with Crippen molar-refractivity contribution in [2.45, 2.75) is 44.7 Å². The lowest BCUT2D eigenvalue weighted by atomic mass is 9.76. The van der Waals surface area contributed by atoms with E-state index in [1.165, 1.54) is 25.7 Å². The van der Waals surface area contributed by atoms with E-state index in [1.807, 2.05) is 19.4 Å². The summed E-state index contributed by atoms with van der Waals surface area (Å²) in [6, 6.07) is 0. The van der Waals surface area contributed by atoms with Crippen LogP contribution in [0, 0.1) is 5.92 Å². The predicted molar refractivity (Wildman–Crippen MR) is 74.1 cm³/mol. The minimum absolute atomic E-state index is 0.179. The Morgan fingerprint density at radius 3 is 2.67 bits per heavy atom. The Kier molecular flexibility index (Phi) is 4.07. The molecule has 0 radical (unpaired) electrons. The summed E-state index contributed by atoms with van der Waals surface area (Å²) < 4.78 is 2.09. The normalized spacial score (nSPS) is 28.8. The molecule has 0 aromatic carbocycles. The Morgan fingerprint density at radius 2 is 2.17 bits per heavy atom. The van der Waals surface area contributed by atoms with Gasteiger partial charge in [0, 0.05) is 31.5 Å². The smallest absolute Gasteiger partial charge is 0.122 e. The molecular formula is C14H26N4. The van der Waals surface area contributed by atoms with Crippen molar-refractivity contribution >= 4 is 0 Å². The maximum atomic E-state index is 6.08. The number of aryl methyl sites for hydroxylation is 1. The Hall–Kier alpha value is -0.870. The Labute approximate surface area is 110 Å². The van der Waals surface area contributed by atoms with Crippen molar-refractivity contribution in [3.63, 3.8) is 0 Å². The summed E-state index contributed by atoms with van der Waals surface area (Å²) in [5, 5.41) is 0. The van der Waals surface area contributed by atoms with E-state index in [9.17, 15) is 0 Å². The van der Waals surface area contributed by atoms with Crippen LogP contribution in [0.2, 0.25) is 0 Å². The van der Waals surface area contributed by atoms with Gasteiger partial charge in [0.1, 0.15) is 5.82 Å². The van der Waals surface area contributed by atoms with Crippen LogP contribution in [-0.2, 0) is 13.6 Å². The molecule has 1 aliphatic carbocycles. The van der Waals surface area contributed by atoms with Crippen molar-refractivity contribution in [3.8, 4) is 0 Å². The van der Waals surface area contributed by atoms with Crippen LogP contribution in [0.15, 0.2) is 12.4 Å². The van der Waals surface area contributed by atoms with E-state index < -0.39 is 0 Å². The van der Waals surface area contributed by atoms with Crippen molar-refractivity contribution in [2.75, 3.05) is 13.6 Å². The number of hydrogen-bond acceptors (Lipinski definition) is 3. The quantitative estimate of drug-likeness (QED) is 0.886. The highest BCUT2D eigenvalue weighted by molar-refractivity contribution is 4.98. The van der Waals surface area contributed by atoms with Crippen LogP contribution >= 0.6 is 0 Å². The first-order valence-electron chi connectivity index (χ1n) is 6.95. The molecule has 4 heteroatoms. The van der Waals surface area contributed by atoms with Crippen molar-refractivity contribution in [3.05, 3.63) is 18.2 Å². The average Bonchev–Trinajstić information content (AvgIpc) is 2.76. The van der Waals surface area contributed by atoms with Crippen LogP contribution in [0.1, 0.15) is 38.4 Å². The molecule has 1 heterocycles. The summed E-state index contributed by atoms with van der Waals surface area (Å²) in [6.45, 7) is 3.98. The molecule has 0 saturated heterocycles. The summed E-state index contributed by atoms with van der Waals surface area (Å²) in [4.78, 5) is 6.83. The molecule has 0 unspecified atom stereocenters. The molecule has 0 amide bonds. The van der Waals surface area contributed by atoms with Crippen molar-refractivity contribution in [1.29, 1.82) is 0 Å². The molecule has 0 spiro atoms. The monoisotopic (exact) mass is 250 g/mol. The van der Waals surface area contributed by atoms with Gasteiger partial charge < -0.3 is 10.3 Å². The molecule has 4 nitrogen and oxygen atoms in total. The first kappa shape index (κ1) is 13.6. The third-order valence-corrected chi connectivity index (χ3v) is 4.69. The van der Waals surface area contributed by atoms with Gasteiger partial charge in [-0.3, -0.25) is 4.90 Å². The van der Waals surface area contributed by atoms with E-state index >= 15 is 0 Å². The van der Waals surface area contributed by atoms with E-state index in [4.69, 9.17) is 5.73 Å². The molecular weight excluding hydrogens is 224 g/mol. The topological polar surface area (TPSA) is 47.1 Å². The zero-order chi connectivity index (χ0) is 13.2. The van der Waals surface area contributed by atoms with Crippen LogP contribution in [0.25, 0.3) is 0 Å². The molecule has 2 N–H and O–H groups in total. The molecule has 0 aliphatic heterocycles. The van der Waals surface area contributed by atoms with Gasteiger partial charge in [0.2, 0.25) is 0 Å². The molecule has 18 heavy (non-hydrogen) atoms. The minimum Gasteiger partial charge on any atom is -0.337 e. The van der Waals surface area contributed by atoms with E-state index in [1.54, 1.807) is 0 Å². The lowest BCUT2D eigenvalue weighted by molar-refractivity contribution is 0.0589. The predicted octanol–water partition coefficient (Wildman–Crippen LogP) is 1.76. The van der Waals surface area contributed by atoms with Gasteiger partial charge in [0.15, 0.2) is 0 Å². The third kappa shape index (κ3) is 2.59. The number of nitrogens with two attached hydrogens (primary N) is 1. The summed E-state index contributed by atoms with van der Waals surface area (Å²) >= 11 is 0. The van der Waals surface area contributed by atoms with Crippen LogP contribution < -0.4 is 5.73 Å².